The lowest BCUT2D eigenvalue weighted by molar-refractivity contribution is -0.221. The standard InChI is InChI=1S/C17H22O5/c1-9-5-12-14(3,6-11(9)19)15(4)16(20,10(2)18)7-13(22-12)17(15)8-21-17/h5,12-13,20H,6-8H2,1-4H3/t12-,13-,14+,15?,16+,17?/m1/s1. The molecule has 5 heteroatoms. The minimum Gasteiger partial charge on any atom is -0.381 e. The molecule has 2 aliphatic carbocycles. The highest BCUT2D eigenvalue weighted by Crippen LogP contribution is 2.74. The molecule has 1 saturated carbocycles. The van der Waals surface area contributed by atoms with Gasteiger partial charge in [0, 0.05) is 23.7 Å². The van der Waals surface area contributed by atoms with Crippen molar-refractivity contribution >= 4 is 11.6 Å². The lowest BCUT2D eigenvalue weighted by atomic mass is 9.48. The van der Waals surface area contributed by atoms with Crippen molar-refractivity contribution in [3.63, 3.8) is 0 Å². The van der Waals surface area contributed by atoms with Crippen LogP contribution in [0, 0.1) is 10.8 Å². The zero-order chi connectivity index (χ0) is 16.1. The second-order valence-corrected chi connectivity index (χ2v) is 7.84. The van der Waals surface area contributed by atoms with E-state index in [0.717, 1.165) is 0 Å². The highest BCUT2D eigenvalue weighted by atomic mass is 16.6. The van der Waals surface area contributed by atoms with Crippen LogP contribution >= 0.6 is 0 Å². The maximum atomic E-state index is 12.4. The van der Waals surface area contributed by atoms with Crippen LogP contribution in [0.15, 0.2) is 11.6 Å². The fourth-order valence-corrected chi connectivity index (χ4v) is 5.38. The van der Waals surface area contributed by atoms with E-state index < -0.39 is 22.0 Å². The first-order chi connectivity index (χ1) is 10.1. The van der Waals surface area contributed by atoms with Gasteiger partial charge in [-0.2, -0.15) is 0 Å². The number of carbonyl (C=O) groups is 2. The van der Waals surface area contributed by atoms with Gasteiger partial charge in [0.1, 0.15) is 11.2 Å². The molecule has 2 saturated heterocycles. The van der Waals surface area contributed by atoms with Gasteiger partial charge in [-0.25, -0.2) is 0 Å². The largest absolute Gasteiger partial charge is 0.381 e. The SMILES string of the molecule is CC(=O)[C@@]1(O)C[C@H]2O[C@@H]3C=C(C)C(=O)C[C@]3(C)C1(C)C21CO1. The van der Waals surface area contributed by atoms with Gasteiger partial charge in [-0.15, -0.1) is 0 Å². The Morgan fingerprint density at radius 2 is 2.05 bits per heavy atom. The Morgan fingerprint density at radius 3 is 2.59 bits per heavy atom. The van der Waals surface area contributed by atoms with Gasteiger partial charge in [0.25, 0.3) is 0 Å². The fraction of sp³-hybridized carbons (Fsp3) is 0.765. The second kappa shape index (κ2) is 3.71. The number of fused-ring (bicyclic) bond motifs is 2. The van der Waals surface area contributed by atoms with Crippen LogP contribution < -0.4 is 0 Å². The lowest BCUT2D eigenvalue weighted by Crippen LogP contribution is -2.68. The molecule has 5 nitrogen and oxygen atoms in total. The Hall–Kier alpha value is -1.04. The molecule has 3 fully saturated rings. The lowest BCUT2D eigenvalue weighted by Gasteiger charge is -2.58. The number of ether oxygens (including phenoxy) is 2. The zero-order valence-electron chi connectivity index (χ0n) is 13.4. The summed E-state index contributed by atoms with van der Waals surface area (Å²) in [7, 11) is 0. The number of rotatable bonds is 1. The molecule has 0 aromatic rings. The van der Waals surface area contributed by atoms with Gasteiger partial charge in [0.05, 0.1) is 18.8 Å². The molecule has 1 N–H and O–H groups in total. The zero-order valence-corrected chi connectivity index (χ0v) is 13.4. The van der Waals surface area contributed by atoms with E-state index in [-0.39, 0.29) is 36.6 Å². The van der Waals surface area contributed by atoms with E-state index in [1.807, 2.05) is 19.9 Å². The third-order valence-corrected chi connectivity index (χ3v) is 7.16. The van der Waals surface area contributed by atoms with Gasteiger partial charge >= 0.3 is 0 Å². The predicted molar refractivity (Wildman–Crippen MR) is 77.2 cm³/mol. The number of hydrogen-bond acceptors (Lipinski definition) is 5. The van der Waals surface area contributed by atoms with Crippen LogP contribution in [0.2, 0.25) is 0 Å². The number of aliphatic hydroxyl groups is 1. The average molecular weight is 306 g/mol. The van der Waals surface area contributed by atoms with E-state index in [1.54, 1.807) is 6.92 Å². The molecule has 4 rings (SSSR count). The van der Waals surface area contributed by atoms with E-state index in [0.29, 0.717) is 12.2 Å². The maximum absolute atomic E-state index is 12.4. The molecule has 0 amide bonds. The fourth-order valence-electron chi connectivity index (χ4n) is 5.38. The molecule has 22 heavy (non-hydrogen) atoms. The van der Waals surface area contributed by atoms with E-state index in [9.17, 15) is 14.7 Å². The predicted octanol–water partition coefficient (Wildman–Crippen LogP) is 1.18. The minimum atomic E-state index is -1.52. The van der Waals surface area contributed by atoms with Gasteiger partial charge in [-0.05, 0) is 25.5 Å². The molecular formula is C17H22O5. The summed E-state index contributed by atoms with van der Waals surface area (Å²) >= 11 is 0. The summed E-state index contributed by atoms with van der Waals surface area (Å²) in [6, 6.07) is 0. The van der Waals surface area contributed by atoms with Crippen molar-refractivity contribution < 1.29 is 24.2 Å². The Morgan fingerprint density at radius 1 is 1.41 bits per heavy atom. The molecule has 2 aliphatic heterocycles. The number of ketones is 2. The molecule has 2 heterocycles. The van der Waals surface area contributed by atoms with Crippen molar-refractivity contribution in [2.75, 3.05) is 6.61 Å². The summed E-state index contributed by atoms with van der Waals surface area (Å²) < 4.78 is 12.0. The highest BCUT2D eigenvalue weighted by molar-refractivity contribution is 5.97. The van der Waals surface area contributed by atoms with Gasteiger partial charge in [-0.3, -0.25) is 9.59 Å². The molecule has 4 aliphatic rings. The smallest absolute Gasteiger partial charge is 0.162 e. The van der Waals surface area contributed by atoms with Crippen LogP contribution in [-0.2, 0) is 19.1 Å². The Labute approximate surface area is 129 Å². The van der Waals surface area contributed by atoms with Gasteiger partial charge in [-0.1, -0.05) is 13.8 Å². The van der Waals surface area contributed by atoms with E-state index >= 15 is 0 Å². The van der Waals surface area contributed by atoms with E-state index in [4.69, 9.17) is 9.47 Å². The van der Waals surface area contributed by atoms with Crippen LogP contribution in [0.1, 0.15) is 40.5 Å². The summed E-state index contributed by atoms with van der Waals surface area (Å²) in [6.07, 6.45) is 1.79. The molecule has 2 unspecified atom stereocenters. The number of Topliss-reactive ketones (excluding diaryl/α,β-unsaturated/α-hetero) is 2. The quantitative estimate of drug-likeness (QED) is 0.736. The second-order valence-electron chi connectivity index (χ2n) is 7.84. The van der Waals surface area contributed by atoms with Gasteiger partial charge in [0.15, 0.2) is 11.6 Å². The molecule has 6 atom stereocenters. The summed E-state index contributed by atoms with van der Waals surface area (Å²) in [6.45, 7) is 7.57. The molecule has 0 aromatic carbocycles. The van der Waals surface area contributed by atoms with Crippen molar-refractivity contribution in [3.05, 3.63) is 11.6 Å². The van der Waals surface area contributed by atoms with Crippen LogP contribution in [0.5, 0.6) is 0 Å². The number of carbonyl (C=O) groups excluding carboxylic acids is 2. The first-order valence-corrected chi connectivity index (χ1v) is 7.87. The Kier molecular flexibility index (Phi) is 2.45. The summed E-state index contributed by atoms with van der Waals surface area (Å²) in [4.78, 5) is 24.7. The minimum absolute atomic E-state index is 0.0515. The van der Waals surface area contributed by atoms with Crippen molar-refractivity contribution in [2.45, 2.75) is 63.9 Å². The van der Waals surface area contributed by atoms with Crippen molar-refractivity contribution in [1.82, 2.24) is 0 Å². The first kappa shape index (κ1) is 14.5. The molecule has 0 aromatic heterocycles. The summed E-state index contributed by atoms with van der Waals surface area (Å²) in [5.74, 6) is -0.216. The normalized spacial score (nSPS) is 55.9. The average Bonchev–Trinajstić information content (AvgIpc) is 3.19. The maximum Gasteiger partial charge on any atom is 0.162 e. The summed E-state index contributed by atoms with van der Waals surface area (Å²) in [5.41, 5.74) is -2.95. The van der Waals surface area contributed by atoms with Gasteiger partial charge < -0.3 is 14.6 Å². The van der Waals surface area contributed by atoms with Crippen LogP contribution in [0.3, 0.4) is 0 Å². The number of epoxide rings is 1. The Bertz CT molecular complexity index is 633. The van der Waals surface area contributed by atoms with Crippen molar-refractivity contribution in [2.24, 2.45) is 10.8 Å². The highest BCUT2D eigenvalue weighted by Gasteiger charge is 2.86. The number of hydrogen-bond donors (Lipinski definition) is 1. The molecule has 1 spiro atoms. The molecular weight excluding hydrogens is 284 g/mol. The van der Waals surface area contributed by atoms with E-state index in [1.165, 1.54) is 6.92 Å². The van der Waals surface area contributed by atoms with Crippen LogP contribution in [0.25, 0.3) is 0 Å². The molecule has 120 valence electrons. The molecule has 2 bridgehead atoms. The third-order valence-electron chi connectivity index (χ3n) is 7.16. The van der Waals surface area contributed by atoms with Gasteiger partial charge in [0.2, 0.25) is 0 Å². The summed E-state index contributed by atoms with van der Waals surface area (Å²) in [5, 5.41) is 11.3. The topological polar surface area (TPSA) is 76.1 Å². The van der Waals surface area contributed by atoms with Crippen LogP contribution in [-0.4, -0.2) is 46.7 Å². The third kappa shape index (κ3) is 1.21. The monoisotopic (exact) mass is 306 g/mol. The van der Waals surface area contributed by atoms with Crippen molar-refractivity contribution in [3.8, 4) is 0 Å². The van der Waals surface area contributed by atoms with Crippen molar-refractivity contribution in [1.29, 1.82) is 0 Å². The van der Waals surface area contributed by atoms with E-state index in [2.05, 4.69) is 0 Å². The number of allylic oxidation sites excluding steroid dienone is 1. The van der Waals surface area contributed by atoms with Crippen LogP contribution in [0.4, 0.5) is 0 Å². The first-order valence-electron chi connectivity index (χ1n) is 7.87. The molecule has 0 radical (unpaired) electrons. The Balaban J connectivity index is 1.96.